The summed E-state index contributed by atoms with van der Waals surface area (Å²) in [5, 5.41) is 0. The van der Waals surface area contributed by atoms with E-state index in [9.17, 15) is 13.2 Å². The van der Waals surface area contributed by atoms with Crippen molar-refractivity contribution in [2.75, 3.05) is 26.2 Å². The van der Waals surface area contributed by atoms with E-state index in [-0.39, 0.29) is 19.0 Å². The van der Waals surface area contributed by atoms with Crippen LogP contribution in [0.3, 0.4) is 0 Å². The molecular weight excluding hydrogens is 382 g/mol. The molecule has 0 bridgehead atoms. The molecular formula is C19H23N3O3S2. The van der Waals surface area contributed by atoms with Crippen molar-refractivity contribution in [3.8, 4) is 0 Å². The summed E-state index contributed by atoms with van der Waals surface area (Å²) in [5.74, 6) is -0.170. The van der Waals surface area contributed by atoms with Crippen LogP contribution in [-0.4, -0.2) is 54.7 Å². The van der Waals surface area contributed by atoms with Crippen LogP contribution in [-0.2, 0) is 10.0 Å². The molecule has 1 aromatic heterocycles. The number of piperazine rings is 1. The average Bonchev–Trinajstić information content (AvgIpc) is 2.60. The zero-order valence-corrected chi connectivity index (χ0v) is 17.3. The van der Waals surface area contributed by atoms with Crippen molar-refractivity contribution < 1.29 is 13.2 Å². The third kappa shape index (κ3) is 3.83. The summed E-state index contributed by atoms with van der Waals surface area (Å²) < 4.78 is 28.1. The summed E-state index contributed by atoms with van der Waals surface area (Å²) in [7, 11) is -3.59. The zero-order chi connectivity index (χ0) is 19.8. The highest BCUT2D eigenvalue weighted by molar-refractivity contribution is 7.89. The van der Waals surface area contributed by atoms with Gasteiger partial charge in [0.1, 0.15) is 4.64 Å². The largest absolute Gasteiger partial charge is 0.352 e. The number of nitrogens with one attached hydrogen (secondary N) is 1. The number of pyridine rings is 1. The molecule has 1 amide bonds. The summed E-state index contributed by atoms with van der Waals surface area (Å²) in [4.78, 5) is 17.5. The lowest BCUT2D eigenvalue weighted by molar-refractivity contribution is 0.0697. The van der Waals surface area contributed by atoms with Gasteiger partial charge in [-0.1, -0.05) is 29.9 Å². The fraction of sp³-hybridized carbons (Fsp3) is 0.368. The number of amides is 1. The lowest BCUT2D eigenvalue weighted by Gasteiger charge is -2.34. The molecule has 1 fully saturated rings. The molecule has 2 heterocycles. The molecule has 144 valence electrons. The van der Waals surface area contributed by atoms with Crippen molar-refractivity contribution in [2.24, 2.45) is 0 Å². The number of rotatable bonds is 3. The summed E-state index contributed by atoms with van der Waals surface area (Å²) in [6.45, 7) is 6.81. The van der Waals surface area contributed by atoms with Crippen molar-refractivity contribution in [3.63, 3.8) is 0 Å². The Hall–Kier alpha value is -2.03. The van der Waals surface area contributed by atoms with Gasteiger partial charge in [0.05, 0.1) is 10.5 Å². The van der Waals surface area contributed by atoms with Crippen molar-refractivity contribution in [2.45, 2.75) is 25.7 Å². The number of nitrogens with zero attached hydrogens (tertiary/aromatic N) is 2. The number of aryl methyl sites for hydroxylation is 3. The number of H-pyrrole nitrogens is 1. The minimum absolute atomic E-state index is 0.170. The highest BCUT2D eigenvalue weighted by Crippen LogP contribution is 2.26. The predicted molar refractivity (Wildman–Crippen MR) is 107 cm³/mol. The first-order valence-electron chi connectivity index (χ1n) is 8.77. The fourth-order valence-electron chi connectivity index (χ4n) is 3.59. The molecule has 0 saturated carbocycles. The maximum Gasteiger partial charge on any atom is 0.256 e. The molecule has 0 atom stereocenters. The number of carbonyl (C=O) groups is 1. The SMILES string of the molecule is Cc1cc(C)c(S(=O)(=O)N2CCN(C(=O)c3ccc[nH]c3=S)CC2)c(C)c1. The fourth-order valence-corrected chi connectivity index (χ4v) is 5.65. The lowest BCUT2D eigenvalue weighted by atomic mass is 10.1. The molecule has 1 aliphatic rings. The molecule has 27 heavy (non-hydrogen) atoms. The van der Waals surface area contributed by atoms with Gasteiger partial charge in [0, 0.05) is 32.4 Å². The third-order valence-corrected chi connectivity index (χ3v) is 7.32. The highest BCUT2D eigenvalue weighted by atomic mass is 32.2. The second-order valence-corrected chi connectivity index (χ2v) is 9.12. The molecule has 1 saturated heterocycles. The van der Waals surface area contributed by atoms with Crippen LogP contribution in [0.25, 0.3) is 0 Å². The van der Waals surface area contributed by atoms with Gasteiger partial charge in [-0.15, -0.1) is 0 Å². The Morgan fingerprint density at radius 1 is 1.07 bits per heavy atom. The van der Waals surface area contributed by atoms with Gasteiger partial charge in [-0.3, -0.25) is 4.79 Å². The van der Waals surface area contributed by atoms with Crippen LogP contribution < -0.4 is 0 Å². The minimum atomic E-state index is -3.59. The van der Waals surface area contributed by atoms with Crippen molar-refractivity contribution in [1.29, 1.82) is 0 Å². The molecule has 1 aliphatic heterocycles. The van der Waals surface area contributed by atoms with Crippen molar-refractivity contribution in [3.05, 3.63) is 57.4 Å². The minimum Gasteiger partial charge on any atom is -0.352 e. The Balaban J connectivity index is 1.79. The number of aromatic amines is 1. The van der Waals surface area contributed by atoms with Gasteiger partial charge >= 0.3 is 0 Å². The number of sulfonamides is 1. The molecule has 3 rings (SSSR count). The van der Waals surface area contributed by atoms with Gasteiger partial charge in [0.25, 0.3) is 5.91 Å². The highest BCUT2D eigenvalue weighted by Gasteiger charge is 2.32. The number of hydrogen-bond donors (Lipinski definition) is 1. The molecule has 0 aliphatic carbocycles. The maximum absolute atomic E-state index is 13.1. The van der Waals surface area contributed by atoms with E-state index in [1.807, 2.05) is 32.9 Å². The first-order valence-corrected chi connectivity index (χ1v) is 10.6. The zero-order valence-electron chi connectivity index (χ0n) is 15.7. The van der Waals surface area contributed by atoms with E-state index < -0.39 is 10.0 Å². The maximum atomic E-state index is 13.1. The van der Waals surface area contributed by atoms with Gasteiger partial charge in [0.2, 0.25) is 10.0 Å². The van der Waals surface area contributed by atoms with Crippen LogP contribution >= 0.6 is 12.2 Å². The van der Waals surface area contributed by atoms with E-state index in [0.717, 1.165) is 16.7 Å². The quantitative estimate of drug-likeness (QED) is 0.797. The van der Waals surface area contributed by atoms with Gasteiger partial charge in [0.15, 0.2) is 0 Å². The van der Waals surface area contributed by atoms with Crippen molar-refractivity contribution in [1.82, 2.24) is 14.2 Å². The van der Waals surface area contributed by atoms with Crippen LogP contribution in [0.2, 0.25) is 0 Å². The number of aromatic nitrogens is 1. The summed E-state index contributed by atoms with van der Waals surface area (Å²) >= 11 is 5.17. The number of benzene rings is 1. The molecule has 1 aromatic carbocycles. The van der Waals surface area contributed by atoms with Crippen molar-refractivity contribution >= 4 is 28.1 Å². The van der Waals surface area contributed by atoms with Crippen LogP contribution in [0.5, 0.6) is 0 Å². The first-order chi connectivity index (χ1) is 12.7. The van der Waals surface area contributed by atoms with Crippen LogP contribution in [0.15, 0.2) is 35.4 Å². The molecule has 6 nitrogen and oxygen atoms in total. The van der Waals surface area contributed by atoms with Gasteiger partial charge in [-0.05, 0) is 44.0 Å². The molecule has 0 radical (unpaired) electrons. The normalized spacial score (nSPS) is 15.7. The Labute approximate surface area is 164 Å². The second-order valence-electron chi connectivity index (χ2n) is 6.84. The van der Waals surface area contributed by atoms with Crippen LogP contribution in [0.1, 0.15) is 27.0 Å². The summed E-state index contributed by atoms with van der Waals surface area (Å²) in [6.07, 6.45) is 1.68. The molecule has 0 unspecified atom stereocenters. The van der Waals surface area contributed by atoms with E-state index in [4.69, 9.17) is 12.2 Å². The molecule has 2 aromatic rings. The summed E-state index contributed by atoms with van der Waals surface area (Å²) in [6, 6.07) is 7.18. The number of hydrogen-bond acceptors (Lipinski definition) is 4. The average molecular weight is 406 g/mol. The lowest BCUT2D eigenvalue weighted by Crippen LogP contribution is -2.50. The first kappa shape index (κ1) is 19.7. The molecule has 0 spiro atoms. The van der Waals surface area contributed by atoms with E-state index in [1.54, 1.807) is 23.2 Å². The molecule has 1 N–H and O–H groups in total. The Morgan fingerprint density at radius 3 is 2.22 bits per heavy atom. The molecule has 8 heteroatoms. The van der Waals surface area contributed by atoms with E-state index >= 15 is 0 Å². The summed E-state index contributed by atoms with van der Waals surface area (Å²) in [5.41, 5.74) is 2.98. The standard InChI is InChI=1S/C19H23N3O3S2/c1-13-11-14(2)17(15(3)12-13)27(24,25)22-9-7-21(8-10-22)19(23)16-5-4-6-20-18(16)26/h4-6,11-12H,7-10H2,1-3H3,(H,20,26). The van der Waals surface area contributed by atoms with Gasteiger partial charge in [-0.25, -0.2) is 8.42 Å². The topological polar surface area (TPSA) is 73.5 Å². The second kappa shape index (κ2) is 7.53. The smallest absolute Gasteiger partial charge is 0.256 e. The predicted octanol–water partition coefficient (Wildman–Crippen LogP) is 2.82. The Kier molecular flexibility index (Phi) is 5.50. The van der Waals surface area contributed by atoms with E-state index in [2.05, 4.69) is 4.98 Å². The van der Waals surface area contributed by atoms with Crippen LogP contribution in [0, 0.1) is 25.4 Å². The van der Waals surface area contributed by atoms with E-state index in [0.29, 0.717) is 28.2 Å². The Bertz CT molecular complexity index is 1010. The van der Waals surface area contributed by atoms with Gasteiger partial charge < -0.3 is 9.88 Å². The third-order valence-electron chi connectivity index (χ3n) is 4.78. The Morgan fingerprint density at radius 2 is 1.67 bits per heavy atom. The monoisotopic (exact) mass is 405 g/mol. The number of carbonyl (C=O) groups excluding carboxylic acids is 1. The van der Waals surface area contributed by atoms with Crippen LogP contribution in [0.4, 0.5) is 0 Å². The van der Waals surface area contributed by atoms with E-state index in [1.165, 1.54) is 4.31 Å². The van der Waals surface area contributed by atoms with Gasteiger partial charge in [-0.2, -0.15) is 4.31 Å².